The fourth-order valence-corrected chi connectivity index (χ4v) is 3.00. The maximum absolute atomic E-state index is 12.1. The molecule has 1 N–H and O–H groups in total. The lowest BCUT2D eigenvalue weighted by Gasteiger charge is -2.15. The molecule has 140 valence electrons. The van der Waals surface area contributed by atoms with E-state index in [0.717, 1.165) is 17.7 Å². The normalized spacial score (nSPS) is 13.5. The average Bonchev–Trinajstić information content (AvgIpc) is 3.11. The number of nitrogens with one attached hydrogen (secondary N) is 1. The smallest absolute Gasteiger partial charge is 0.338 e. The summed E-state index contributed by atoms with van der Waals surface area (Å²) in [6.45, 7) is 0.568. The maximum atomic E-state index is 12.1. The molecular weight excluding hydrogens is 368 g/mol. The van der Waals surface area contributed by atoms with Crippen molar-refractivity contribution in [2.75, 3.05) is 18.1 Å². The summed E-state index contributed by atoms with van der Waals surface area (Å²) in [5, 5.41) is 3.21. The Labute approximate surface area is 162 Å². The number of carbonyl (C=O) groups excluding carboxylic acids is 3. The minimum atomic E-state index is -0.595. The van der Waals surface area contributed by atoms with Crippen LogP contribution in [0.25, 0.3) is 0 Å². The predicted octanol–water partition coefficient (Wildman–Crippen LogP) is 2.94. The first-order valence-corrected chi connectivity index (χ1v) is 9.00. The summed E-state index contributed by atoms with van der Waals surface area (Å²) in [7, 11) is 0. The van der Waals surface area contributed by atoms with Crippen LogP contribution in [0.3, 0.4) is 0 Å². The van der Waals surface area contributed by atoms with Gasteiger partial charge in [-0.3, -0.25) is 9.59 Å². The molecule has 0 radical (unpaired) electrons. The Balaban J connectivity index is 1.48. The highest BCUT2D eigenvalue weighted by molar-refractivity contribution is 6.31. The molecule has 0 bridgehead atoms. The van der Waals surface area contributed by atoms with Crippen LogP contribution in [0.15, 0.2) is 48.5 Å². The van der Waals surface area contributed by atoms with Crippen molar-refractivity contribution >= 4 is 35.1 Å². The number of nitrogens with zero attached hydrogens (tertiary/aromatic N) is 1. The molecule has 0 aliphatic carbocycles. The van der Waals surface area contributed by atoms with Crippen LogP contribution < -0.4 is 10.2 Å². The number of ether oxygens (including phenoxy) is 1. The van der Waals surface area contributed by atoms with Crippen LogP contribution in [0.1, 0.15) is 28.8 Å². The number of amides is 2. The quantitative estimate of drug-likeness (QED) is 0.774. The minimum absolute atomic E-state index is 0.0838. The van der Waals surface area contributed by atoms with Crippen LogP contribution in [0.4, 0.5) is 5.69 Å². The molecule has 3 rings (SSSR count). The second kappa shape index (κ2) is 8.68. The van der Waals surface area contributed by atoms with Gasteiger partial charge in [0.25, 0.3) is 5.91 Å². The van der Waals surface area contributed by atoms with E-state index in [1.165, 1.54) is 0 Å². The molecule has 0 unspecified atom stereocenters. The van der Waals surface area contributed by atoms with Gasteiger partial charge >= 0.3 is 5.97 Å². The van der Waals surface area contributed by atoms with Gasteiger partial charge in [0.15, 0.2) is 6.61 Å². The number of esters is 1. The SMILES string of the molecule is O=C(COC(=O)c1ccc(N2CCCC2=O)cc1)NCc1ccccc1Cl. The first-order chi connectivity index (χ1) is 13.0. The van der Waals surface area contributed by atoms with Crippen molar-refractivity contribution in [1.82, 2.24) is 5.32 Å². The molecule has 1 aliphatic rings. The highest BCUT2D eigenvalue weighted by atomic mass is 35.5. The highest BCUT2D eigenvalue weighted by Crippen LogP contribution is 2.21. The van der Waals surface area contributed by atoms with Gasteiger partial charge in [-0.25, -0.2) is 4.79 Å². The van der Waals surface area contributed by atoms with E-state index in [1.807, 2.05) is 6.07 Å². The van der Waals surface area contributed by atoms with Gasteiger partial charge in [-0.05, 0) is 42.3 Å². The molecular formula is C20H19ClN2O4. The molecule has 1 heterocycles. The molecule has 27 heavy (non-hydrogen) atoms. The summed E-state index contributed by atoms with van der Waals surface area (Å²) in [5.74, 6) is -0.926. The molecule has 7 heteroatoms. The van der Waals surface area contributed by atoms with Crippen molar-refractivity contribution in [3.63, 3.8) is 0 Å². The van der Waals surface area contributed by atoms with Gasteiger partial charge in [-0.1, -0.05) is 29.8 Å². The Morgan fingerprint density at radius 1 is 1.11 bits per heavy atom. The van der Waals surface area contributed by atoms with E-state index in [0.29, 0.717) is 23.6 Å². The van der Waals surface area contributed by atoms with Gasteiger partial charge in [-0.2, -0.15) is 0 Å². The zero-order valence-electron chi connectivity index (χ0n) is 14.6. The summed E-state index contributed by atoms with van der Waals surface area (Å²) < 4.78 is 5.03. The number of benzene rings is 2. The third-order valence-electron chi connectivity index (χ3n) is 4.26. The summed E-state index contributed by atoms with van der Waals surface area (Å²) in [6.07, 6.45) is 1.39. The molecule has 6 nitrogen and oxygen atoms in total. The first kappa shape index (κ1) is 18.9. The molecule has 0 aromatic heterocycles. The summed E-state index contributed by atoms with van der Waals surface area (Å²) in [6, 6.07) is 13.8. The highest BCUT2D eigenvalue weighted by Gasteiger charge is 2.21. The van der Waals surface area contributed by atoms with E-state index in [9.17, 15) is 14.4 Å². The van der Waals surface area contributed by atoms with Crippen molar-refractivity contribution in [2.45, 2.75) is 19.4 Å². The Hall–Kier alpha value is -2.86. The zero-order valence-corrected chi connectivity index (χ0v) is 15.4. The molecule has 2 amide bonds. The van der Waals surface area contributed by atoms with Crippen molar-refractivity contribution in [1.29, 1.82) is 0 Å². The topological polar surface area (TPSA) is 75.7 Å². The molecule has 0 atom stereocenters. The van der Waals surface area contributed by atoms with Crippen LogP contribution >= 0.6 is 11.6 Å². The van der Waals surface area contributed by atoms with E-state index >= 15 is 0 Å². The molecule has 2 aromatic carbocycles. The van der Waals surface area contributed by atoms with Gasteiger partial charge in [0.05, 0.1) is 5.56 Å². The van der Waals surface area contributed by atoms with Crippen LogP contribution in [-0.4, -0.2) is 30.9 Å². The summed E-state index contributed by atoms with van der Waals surface area (Å²) >= 11 is 6.02. The third kappa shape index (κ3) is 4.86. The Morgan fingerprint density at radius 2 is 1.85 bits per heavy atom. The Bertz CT molecular complexity index is 851. The fraction of sp³-hybridized carbons (Fsp3) is 0.250. The molecule has 1 aliphatic heterocycles. The zero-order chi connectivity index (χ0) is 19.2. The predicted molar refractivity (Wildman–Crippen MR) is 102 cm³/mol. The first-order valence-electron chi connectivity index (χ1n) is 8.62. The van der Waals surface area contributed by atoms with E-state index in [1.54, 1.807) is 47.4 Å². The van der Waals surface area contributed by atoms with E-state index in [2.05, 4.69) is 5.32 Å². The second-order valence-electron chi connectivity index (χ2n) is 6.14. The minimum Gasteiger partial charge on any atom is -0.452 e. The Morgan fingerprint density at radius 3 is 2.52 bits per heavy atom. The summed E-state index contributed by atoms with van der Waals surface area (Å²) in [4.78, 5) is 37.4. The van der Waals surface area contributed by atoms with Crippen molar-refractivity contribution in [2.24, 2.45) is 0 Å². The van der Waals surface area contributed by atoms with Crippen LogP contribution in [0, 0.1) is 0 Å². The number of anilines is 1. The van der Waals surface area contributed by atoms with E-state index < -0.39 is 11.9 Å². The van der Waals surface area contributed by atoms with Crippen LogP contribution in [0.2, 0.25) is 5.02 Å². The fourth-order valence-electron chi connectivity index (χ4n) is 2.80. The average molecular weight is 387 g/mol. The van der Waals surface area contributed by atoms with E-state index in [-0.39, 0.29) is 19.1 Å². The monoisotopic (exact) mass is 386 g/mol. The molecule has 1 fully saturated rings. The Kier molecular flexibility index (Phi) is 6.08. The van der Waals surface area contributed by atoms with E-state index in [4.69, 9.17) is 16.3 Å². The lowest BCUT2D eigenvalue weighted by molar-refractivity contribution is -0.124. The van der Waals surface area contributed by atoms with Gasteiger partial charge < -0.3 is 15.0 Å². The standard InChI is InChI=1S/C20H19ClN2O4/c21-17-5-2-1-4-15(17)12-22-18(24)13-27-20(26)14-7-9-16(10-8-14)23-11-3-6-19(23)25/h1-2,4-5,7-10H,3,6,11-13H2,(H,22,24). The third-order valence-corrected chi connectivity index (χ3v) is 4.63. The van der Waals surface area contributed by atoms with Gasteiger partial charge in [-0.15, -0.1) is 0 Å². The van der Waals surface area contributed by atoms with Crippen LogP contribution in [0.5, 0.6) is 0 Å². The largest absolute Gasteiger partial charge is 0.452 e. The van der Waals surface area contributed by atoms with Gasteiger partial charge in [0, 0.05) is 30.2 Å². The van der Waals surface area contributed by atoms with Crippen molar-refractivity contribution in [3.8, 4) is 0 Å². The van der Waals surface area contributed by atoms with Crippen LogP contribution in [-0.2, 0) is 20.9 Å². The number of rotatable bonds is 6. The second-order valence-corrected chi connectivity index (χ2v) is 6.55. The number of hydrogen-bond acceptors (Lipinski definition) is 4. The maximum Gasteiger partial charge on any atom is 0.338 e. The number of carbonyl (C=O) groups is 3. The van der Waals surface area contributed by atoms with Crippen molar-refractivity contribution in [3.05, 3.63) is 64.7 Å². The molecule has 1 saturated heterocycles. The lowest BCUT2D eigenvalue weighted by atomic mass is 10.2. The lowest BCUT2D eigenvalue weighted by Crippen LogP contribution is -2.28. The van der Waals surface area contributed by atoms with Gasteiger partial charge in [0.2, 0.25) is 5.91 Å². The molecule has 0 saturated carbocycles. The number of hydrogen-bond donors (Lipinski definition) is 1. The summed E-state index contributed by atoms with van der Waals surface area (Å²) in [5.41, 5.74) is 1.86. The molecule has 2 aromatic rings. The number of halogens is 1. The van der Waals surface area contributed by atoms with Gasteiger partial charge in [0.1, 0.15) is 0 Å². The van der Waals surface area contributed by atoms with Crippen molar-refractivity contribution < 1.29 is 19.1 Å². The molecule has 0 spiro atoms.